The topological polar surface area (TPSA) is 103 Å². The second kappa shape index (κ2) is 6.08. The highest BCUT2D eigenvalue weighted by molar-refractivity contribution is 5.95. The molecule has 0 spiro atoms. The number of pyridine rings is 1. The average molecular weight is 337 g/mol. The Labute approximate surface area is 143 Å². The molecule has 128 valence electrons. The highest BCUT2D eigenvalue weighted by Crippen LogP contribution is 2.24. The lowest BCUT2D eigenvalue weighted by molar-refractivity contribution is 0.0940. The van der Waals surface area contributed by atoms with Gasteiger partial charge in [-0.15, -0.1) is 0 Å². The molecule has 0 radical (unpaired) electrons. The van der Waals surface area contributed by atoms with Crippen LogP contribution in [0.25, 0.3) is 11.0 Å². The van der Waals surface area contributed by atoms with Crippen molar-refractivity contribution >= 4 is 22.8 Å². The summed E-state index contributed by atoms with van der Waals surface area (Å²) in [5, 5.41) is 6.27. The Balaban J connectivity index is 1.49. The summed E-state index contributed by atoms with van der Waals surface area (Å²) in [6, 6.07) is 9.35. The average Bonchev–Trinajstić information content (AvgIpc) is 3.32. The number of nitrogens with zero attached hydrogens (tertiary/aromatic N) is 1. The minimum atomic E-state index is -0.240. The van der Waals surface area contributed by atoms with Crippen molar-refractivity contribution in [2.24, 2.45) is 0 Å². The maximum Gasteiger partial charge on any atom is 0.323 e. The van der Waals surface area contributed by atoms with Gasteiger partial charge in [-0.1, -0.05) is 6.07 Å². The summed E-state index contributed by atoms with van der Waals surface area (Å²) in [4.78, 5) is 33.6. The summed E-state index contributed by atoms with van der Waals surface area (Å²) in [5.41, 5.74) is 2.72. The van der Waals surface area contributed by atoms with Crippen molar-refractivity contribution in [1.29, 1.82) is 0 Å². The summed E-state index contributed by atoms with van der Waals surface area (Å²) in [5.74, 6) is 0.575. The fraction of sp³-hybridized carbons (Fsp3) is 0.278. The lowest BCUT2D eigenvalue weighted by Crippen LogP contribution is -2.26. The number of imidazole rings is 1. The normalized spacial score (nSPS) is 15.1. The molecule has 0 bridgehead atoms. The Morgan fingerprint density at radius 2 is 2.00 bits per heavy atom. The third kappa shape index (κ3) is 3.40. The van der Waals surface area contributed by atoms with Gasteiger partial charge in [0.15, 0.2) is 0 Å². The van der Waals surface area contributed by atoms with Crippen LogP contribution in [-0.4, -0.2) is 26.9 Å². The van der Waals surface area contributed by atoms with E-state index in [0.29, 0.717) is 11.6 Å². The maximum absolute atomic E-state index is 12.5. The summed E-state index contributed by atoms with van der Waals surface area (Å²) in [6.07, 6.45) is 3.94. The van der Waals surface area contributed by atoms with Gasteiger partial charge in [0.2, 0.25) is 0 Å². The molecule has 1 amide bonds. The SMILES string of the molecule is CC(NC(=O)c1ccnc(NC2CC2)c1)c1ccc2[nH]c(=O)[nH]c2c1. The molecule has 1 unspecified atom stereocenters. The van der Waals surface area contributed by atoms with E-state index < -0.39 is 0 Å². The van der Waals surface area contributed by atoms with Crippen LogP contribution in [0.15, 0.2) is 41.3 Å². The second-order valence-corrected chi connectivity index (χ2v) is 6.43. The van der Waals surface area contributed by atoms with E-state index in [1.807, 2.05) is 25.1 Å². The fourth-order valence-electron chi connectivity index (χ4n) is 2.77. The predicted octanol–water partition coefficient (Wildman–Crippen LogP) is 2.32. The van der Waals surface area contributed by atoms with E-state index in [1.165, 1.54) is 0 Å². The number of hydrogen-bond acceptors (Lipinski definition) is 4. The first-order valence-electron chi connectivity index (χ1n) is 8.34. The molecule has 1 aliphatic carbocycles. The number of hydrogen-bond donors (Lipinski definition) is 4. The molecule has 2 aromatic heterocycles. The monoisotopic (exact) mass is 337 g/mol. The number of aromatic amines is 2. The van der Waals surface area contributed by atoms with Crippen molar-refractivity contribution in [3.8, 4) is 0 Å². The number of fused-ring (bicyclic) bond motifs is 1. The van der Waals surface area contributed by atoms with Gasteiger partial charge in [-0.2, -0.15) is 0 Å². The van der Waals surface area contributed by atoms with Gasteiger partial charge in [0.05, 0.1) is 17.1 Å². The summed E-state index contributed by atoms with van der Waals surface area (Å²) < 4.78 is 0. The van der Waals surface area contributed by atoms with Gasteiger partial charge in [-0.25, -0.2) is 9.78 Å². The number of anilines is 1. The van der Waals surface area contributed by atoms with Crippen LogP contribution in [0.1, 0.15) is 41.7 Å². The first kappa shape index (κ1) is 15.4. The zero-order chi connectivity index (χ0) is 17.4. The lowest BCUT2D eigenvalue weighted by Gasteiger charge is -2.15. The van der Waals surface area contributed by atoms with Gasteiger partial charge >= 0.3 is 5.69 Å². The van der Waals surface area contributed by atoms with Gasteiger partial charge in [0.1, 0.15) is 5.82 Å². The summed E-state index contributed by atoms with van der Waals surface area (Å²) in [7, 11) is 0. The van der Waals surface area contributed by atoms with Crippen molar-refractivity contribution < 1.29 is 4.79 Å². The maximum atomic E-state index is 12.5. The van der Waals surface area contributed by atoms with Gasteiger partial charge < -0.3 is 20.6 Å². The molecule has 1 saturated carbocycles. The number of benzene rings is 1. The molecule has 4 rings (SSSR count). The molecule has 1 fully saturated rings. The van der Waals surface area contributed by atoms with Crippen LogP contribution in [0, 0.1) is 0 Å². The third-order valence-corrected chi connectivity index (χ3v) is 4.34. The van der Waals surface area contributed by atoms with Crippen molar-refractivity contribution in [2.45, 2.75) is 31.8 Å². The molecule has 1 aliphatic rings. The summed E-state index contributed by atoms with van der Waals surface area (Å²) >= 11 is 0. The molecule has 0 aliphatic heterocycles. The van der Waals surface area contributed by atoms with Gasteiger partial charge in [0.25, 0.3) is 5.91 Å². The van der Waals surface area contributed by atoms with Gasteiger partial charge in [0, 0.05) is 17.8 Å². The molecular weight excluding hydrogens is 318 g/mol. The van der Waals surface area contributed by atoms with Crippen LogP contribution in [0.3, 0.4) is 0 Å². The van der Waals surface area contributed by atoms with E-state index in [9.17, 15) is 9.59 Å². The van der Waals surface area contributed by atoms with E-state index in [2.05, 4.69) is 25.6 Å². The highest BCUT2D eigenvalue weighted by Gasteiger charge is 2.21. The smallest absolute Gasteiger partial charge is 0.323 e. The Hall–Kier alpha value is -3.09. The summed E-state index contributed by atoms with van der Waals surface area (Å²) in [6.45, 7) is 1.91. The molecule has 0 saturated heterocycles. The number of amides is 1. The molecular formula is C18H19N5O2. The first-order chi connectivity index (χ1) is 12.1. The van der Waals surface area contributed by atoms with Crippen molar-refractivity contribution in [3.63, 3.8) is 0 Å². The number of carbonyl (C=O) groups excluding carboxylic acids is 1. The van der Waals surface area contributed by atoms with Gasteiger partial charge in [-0.3, -0.25) is 4.79 Å². The number of H-pyrrole nitrogens is 2. The van der Waals surface area contributed by atoms with E-state index in [-0.39, 0.29) is 17.6 Å². The fourth-order valence-corrected chi connectivity index (χ4v) is 2.77. The van der Waals surface area contributed by atoms with Crippen LogP contribution in [-0.2, 0) is 0 Å². The molecule has 2 heterocycles. The van der Waals surface area contributed by atoms with Crippen molar-refractivity contribution in [2.75, 3.05) is 5.32 Å². The van der Waals surface area contributed by atoms with E-state index >= 15 is 0 Å². The Bertz CT molecular complexity index is 986. The molecule has 3 aromatic rings. The standard InChI is InChI=1S/C18H19N5O2/c1-10(11-2-5-14-15(8-11)23-18(25)22-14)20-17(24)12-6-7-19-16(9-12)21-13-3-4-13/h2,5-10,13H,3-4H2,1H3,(H,19,21)(H,20,24)(H2,22,23,25). The molecule has 1 atom stereocenters. The predicted molar refractivity (Wildman–Crippen MR) is 95.7 cm³/mol. The Morgan fingerprint density at radius 1 is 1.20 bits per heavy atom. The molecule has 4 N–H and O–H groups in total. The van der Waals surface area contributed by atoms with Crippen molar-refractivity contribution in [3.05, 3.63) is 58.1 Å². The van der Waals surface area contributed by atoms with Gasteiger partial charge in [-0.05, 0) is 49.6 Å². The number of nitrogens with one attached hydrogen (secondary N) is 4. The van der Waals surface area contributed by atoms with Crippen LogP contribution in [0.2, 0.25) is 0 Å². The highest BCUT2D eigenvalue weighted by atomic mass is 16.2. The number of rotatable bonds is 5. The minimum Gasteiger partial charge on any atom is -0.367 e. The zero-order valence-corrected chi connectivity index (χ0v) is 13.8. The zero-order valence-electron chi connectivity index (χ0n) is 13.8. The molecule has 25 heavy (non-hydrogen) atoms. The van der Waals surface area contributed by atoms with E-state index in [0.717, 1.165) is 35.3 Å². The van der Waals surface area contributed by atoms with E-state index in [1.54, 1.807) is 18.3 Å². The second-order valence-electron chi connectivity index (χ2n) is 6.43. The molecule has 1 aromatic carbocycles. The van der Waals surface area contributed by atoms with Crippen LogP contribution in [0.4, 0.5) is 5.82 Å². The van der Waals surface area contributed by atoms with Crippen molar-refractivity contribution in [1.82, 2.24) is 20.3 Å². The Kier molecular flexibility index (Phi) is 3.76. The largest absolute Gasteiger partial charge is 0.367 e. The lowest BCUT2D eigenvalue weighted by atomic mass is 10.1. The van der Waals surface area contributed by atoms with Crippen LogP contribution < -0.4 is 16.3 Å². The van der Waals surface area contributed by atoms with Crippen LogP contribution in [0.5, 0.6) is 0 Å². The molecule has 7 nitrogen and oxygen atoms in total. The minimum absolute atomic E-state index is 0.156. The molecule has 7 heteroatoms. The number of carbonyl (C=O) groups is 1. The van der Waals surface area contributed by atoms with Crippen LogP contribution >= 0.6 is 0 Å². The number of aromatic nitrogens is 3. The quantitative estimate of drug-likeness (QED) is 0.574. The van der Waals surface area contributed by atoms with E-state index in [4.69, 9.17) is 0 Å². The third-order valence-electron chi connectivity index (χ3n) is 4.34. The Morgan fingerprint density at radius 3 is 2.80 bits per heavy atom. The first-order valence-corrected chi connectivity index (χ1v) is 8.34.